The molecule has 21 heavy (non-hydrogen) atoms. The van der Waals surface area contributed by atoms with E-state index in [9.17, 15) is 5.11 Å². The lowest BCUT2D eigenvalue weighted by molar-refractivity contribution is 0.366. The monoisotopic (exact) mass is 303 g/mol. The van der Waals surface area contributed by atoms with Gasteiger partial charge < -0.3 is 10.4 Å². The fourth-order valence-corrected chi connectivity index (χ4v) is 2.68. The van der Waals surface area contributed by atoms with E-state index in [1.54, 1.807) is 6.07 Å². The number of rotatable bonds is 5. The average Bonchev–Trinajstić information content (AvgIpc) is 2.46. The zero-order valence-corrected chi connectivity index (χ0v) is 13.4. The van der Waals surface area contributed by atoms with Crippen LogP contribution < -0.4 is 5.32 Å². The molecule has 2 rings (SSSR count). The fraction of sp³-hybridized carbons (Fsp3) is 0.333. The summed E-state index contributed by atoms with van der Waals surface area (Å²) in [4.78, 5) is 0. The molecule has 0 saturated carbocycles. The summed E-state index contributed by atoms with van der Waals surface area (Å²) in [5, 5.41) is 14.3. The summed E-state index contributed by atoms with van der Waals surface area (Å²) in [5.74, 6) is 0.760. The van der Waals surface area contributed by atoms with E-state index in [2.05, 4.69) is 38.2 Å². The molecule has 2 nitrogen and oxygen atoms in total. The van der Waals surface area contributed by atoms with Crippen LogP contribution >= 0.6 is 11.6 Å². The van der Waals surface area contributed by atoms with Crippen LogP contribution in [0.15, 0.2) is 48.5 Å². The van der Waals surface area contributed by atoms with Gasteiger partial charge in [0.2, 0.25) is 0 Å². The van der Waals surface area contributed by atoms with Crippen LogP contribution in [-0.2, 0) is 0 Å². The summed E-state index contributed by atoms with van der Waals surface area (Å²) in [7, 11) is 0. The molecule has 2 N–H and O–H groups in total. The summed E-state index contributed by atoms with van der Waals surface area (Å²) in [6.45, 7) is 6.44. The van der Waals surface area contributed by atoms with Gasteiger partial charge in [0, 0.05) is 22.7 Å². The molecule has 0 radical (unpaired) electrons. The van der Waals surface area contributed by atoms with Crippen molar-refractivity contribution in [3.63, 3.8) is 0 Å². The summed E-state index contributed by atoms with van der Waals surface area (Å²) in [6.07, 6.45) is 0. The quantitative estimate of drug-likeness (QED) is 0.806. The smallest absolute Gasteiger partial charge is 0.120 e. The number of nitrogens with one attached hydrogen (secondary N) is 1. The molecule has 0 fully saturated rings. The molecule has 2 aromatic carbocycles. The van der Waals surface area contributed by atoms with Crippen molar-refractivity contribution in [3.05, 3.63) is 64.7 Å². The molecular weight excluding hydrogens is 282 g/mol. The first-order chi connectivity index (χ1) is 9.99. The van der Waals surface area contributed by atoms with Gasteiger partial charge in [-0.1, -0.05) is 55.8 Å². The van der Waals surface area contributed by atoms with Crippen molar-refractivity contribution in [1.82, 2.24) is 5.32 Å². The van der Waals surface area contributed by atoms with E-state index >= 15 is 0 Å². The maximum atomic E-state index is 9.98. The second-order valence-corrected chi connectivity index (χ2v) is 6.16. The Morgan fingerprint density at radius 1 is 0.952 bits per heavy atom. The van der Waals surface area contributed by atoms with E-state index < -0.39 is 0 Å². The van der Waals surface area contributed by atoms with Crippen LogP contribution in [0.1, 0.15) is 44.0 Å². The normalized spacial score (nSPS) is 14.1. The predicted molar refractivity (Wildman–Crippen MR) is 88.7 cm³/mol. The van der Waals surface area contributed by atoms with Gasteiger partial charge in [-0.3, -0.25) is 0 Å². The molecular formula is C18H22ClNO. The Kier molecular flexibility index (Phi) is 5.27. The first-order valence-electron chi connectivity index (χ1n) is 7.28. The molecule has 0 saturated heterocycles. The minimum atomic E-state index is 0.0641. The van der Waals surface area contributed by atoms with Crippen LogP contribution in [0.25, 0.3) is 0 Å². The summed E-state index contributed by atoms with van der Waals surface area (Å²) in [5.41, 5.74) is 2.12. The minimum absolute atomic E-state index is 0.0641. The number of phenolic OH excluding ortho intramolecular Hbond substituents is 1. The molecule has 0 bridgehead atoms. The van der Waals surface area contributed by atoms with E-state index in [0.29, 0.717) is 11.7 Å². The van der Waals surface area contributed by atoms with E-state index in [-0.39, 0.29) is 12.1 Å². The van der Waals surface area contributed by atoms with Gasteiger partial charge in [0.15, 0.2) is 0 Å². The summed E-state index contributed by atoms with van der Waals surface area (Å²) in [6, 6.07) is 15.7. The zero-order valence-electron chi connectivity index (χ0n) is 12.7. The number of hydrogen-bond donors (Lipinski definition) is 2. The predicted octanol–water partition coefficient (Wildman–Crippen LogP) is 5.09. The van der Waals surface area contributed by atoms with Crippen molar-refractivity contribution in [1.29, 1.82) is 0 Å². The molecule has 3 heteroatoms. The van der Waals surface area contributed by atoms with E-state index in [1.807, 2.05) is 30.3 Å². The summed E-state index contributed by atoms with van der Waals surface area (Å²) < 4.78 is 0. The molecule has 2 atom stereocenters. The highest BCUT2D eigenvalue weighted by molar-refractivity contribution is 6.30. The van der Waals surface area contributed by atoms with Crippen LogP contribution in [-0.4, -0.2) is 5.11 Å². The molecule has 0 heterocycles. The molecule has 0 aliphatic rings. The Bertz CT molecular complexity index is 580. The summed E-state index contributed by atoms with van der Waals surface area (Å²) >= 11 is 5.96. The van der Waals surface area contributed by atoms with Gasteiger partial charge in [-0.05, 0) is 36.6 Å². The standard InChI is InChI=1S/C18H22ClNO/c1-12(2)18(14-8-10-15(19)11-9-14)20-13(3)16-6-4-5-7-17(16)21/h4-13,18,20-21H,1-3H3. The number of hydrogen-bond acceptors (Lipinski definition) is 2. The van der Waals surface area contributed by atoms with Crippen molar-refractivity contribution in [2.45, 2.75) is 32.9 Å². The van der Waals surface area contributed by atoms with Gasteiger partial charge in [-0.2, -0.15) is 0 Å². The third-order valence-corrected chi connectivity index (χ3v) is 3.98. The molecule has 0 amide bonds. The molecule has 2 aromatic rings. The Labute approximate surface area is 131 Å². The number of aromatic hydroxyl groups is 1. The molecule has 112 valence electrons. The lowest BCUT2D eigenvalue weighted by Gasteiger charge is -2.27. The zero-order chi connectivity index (χ0) is 15.4. The SMILES string of the molecule is CC(NC(c1ccc(Cl)cc1)C(C)C)c1ccccc1O. The fourth-order valence-electron chi connectivity index (χ4n) is 2.56. The second-order valence-electron chi connectivity index (χ2n) is 5.72. The van der Waals surface area contributed by atoms with Crippen LogP contribution in [0.2, 0.25) is 5.02 Å². The Morgan fingerprint density at radius 2 is 1.57 bits per heavy atom. The average molecular weight is 304 g/mol. The van der Waals surface area contributed by atoms with Gasteiger partial charge >= 0.3 is 0 Å². The highest BCUT2D eigenvalue weighted by Gasteiger charge is 2.20. The minimum Gasteiger partial charge on any atom is -0.508 e. The van der Waals surface area contributed by atoms with Gasteiger partial charge in [0.1, 0.15) is 5.75 Å². The maximum Gasteiger partial charge on any atom is 0.120 e. The van der Waals surface area contributed by atoms with Crippen LogP contribution in [0.3, 0.4) is 0 Å². The van der Waals surface area contributed by atoms with Crippen LogP contribution in [0, 0.1) is 5.92 Å². The van der Waals surface area contributed by atoms with E-state index in [1.165, 1.54) is 5.56 Å². The molecule has 0 aromatic heterocycles. The Morgan fingerprint density at radius 3 is 2.14 bits per heavy atom. The largest absolute Gasteiger partial charge is 0.508 e. The third-order valence-electron chi connectivity index (χ3n) is 3.73. The lowest BCUT2D eigenvalue weighted by atomic mass is 9.94. The van der Waals surface area contributed by atoms with Crippen molar-refractivity contribution in [3.8, 4) is 5.75 Å². The number of phenols is 1. The van der Waals surface area contributed by atoms with Gasteiger partial charge in [0.05, 0.1) is 0 Å². The molecule has 0 spiro atoms. The van der Waals surface area contributed by atoms with E-state index in [4.69, 9.17) is 11.6 Å². The van der Waals surface area contributed by atoms with Crippen LogP contribution in [0.5, 0.6) is 5.75 Å². The number of halogens is 1. The van der Waals surface area contributed by atoms with Crippen molar-refractivity contribution in [2.75, 3.05) is 0 Å². The number of para-hydroxylation sites is 1. The molecule has 0 aliphatic carbocycles. The van der Waals surface area contributed by atoms with Crippen molar-refractivity contribution < 1.29 is 5.11 Å². The van der Waals surface area contributed by atoms with Gasteiger partial charge in [-0.15, -0.1) is 0 Å². The van der Waals surface area contributed by atoms with Gasteiger partial charge in [-0.25, -0.2) is 0 Å². The highest BCUT2D eigenvalue weighted by Crippen LogP contribution is 2.29. The van der Waals surface area contributed by atoms with Crippen molar-refractivity contribution in [2.24, 2.45) is 5.92 Å². The first kappa shape index (κ1) is 15.9. The van der Waals surface area contributed by atoms with Gasteiger partial charge in [0.25, 0.3) is 0 Å². The second kappa shape index (κ2) is 6.97. The molecule has 2 unspecified atom stereocenters. The first-order valence-corrected chi connectivity index (χ1v) is 7.66. The lowest BCUT2D eigenvalue weighted by Crippen LogP contribution is -2.28. The maximum absolute atomic E-state index is 9.98. The third kappa shape index (κ3) is 3.99. The Balaban J connectivity index is 2.20. The number of benzene rings is 2. The van der Waals surface area contributed by atoms with Crippen molar-refractivity contribution >= 4 is 11.6 Å². The van der Waals surface area contributed by atoms with Crippen LogP contribution in [0.4, 0.5) is 0 Å². The van der Waals surface area contributed by atoms with E-state index in [0.717, 1.165) is 10.6 Å². The topological polar surface area (TPSA) is 32.3 Å². The Hall–Kier alpha value is -1.51. The highest BCUT2D eigenvalue weighted by atomic mass is 35.5. The molecule has 0 aliphatic heterocycles.